The number of nitrogens with zero attached hydrogens (tertiary/aromatic N) is 1. The van der Waals surface area contributed by atoms with Crippen molar-refractivity contribution in [2.24, 2.45) is 0 Å². The molecule has 5 nitrogen and oxygen atoms in total. The minimum absolute atomic E-state index is 0.0846. The van der Waals surface area contributed by atoms with Crippen molar-refractivity contribution in [3.63, 3.8) is 0 Å². The third-order valence-corrected chi connectivity index (χ3v) is 5.72. The van der Waals surface area contributed by atoms with E-state index in [1.165, 1.54) is 5.56 Å². The first kappa shape index (κ1) is 18.8. The van der Waals surface area contributed by atoms with Crippen LogP contribution in [0.5, 0.6) is 0 Å². The van der Waals surface area contributed by atoms with Crippen LogP contribution in [0.4, 0.5) is 0 Å². The Hall–Kier alpha value is -2.54. The normalized spacial score (nSPS) is 11.7. The molecule has 0 aliphatic carbocycles. The zero-order valence-corrected chi connectivity index (χ0v) is 16.8. The molecule has 0 spiro atoms. The van der Waals surface area contributed by atoms with Gasteiger partial charge in [-0.15, -0.1) is 0 Å². The predicted molar refractivity (Wildman–Crippen MR) is 118 cm³/mol. The van der Waals surface area contributed by atoms with Crippen LogP contribution in [0.25, 0.3) is 33.1 Å². The van der Waals surface area contributed by atoms with E-state index >= 15 is 0 Å². The van der Waals surface area contributed by atoms with Gasteiger partial charge in [-0.1, -0.05) is 36.2 Å². The van der Waals surface area contributed by atoms with E-state index < -0.39 is 0 Å². The molecule has 0 amide bonds. The average Bonchev–Trinajstić information content (AvgIpc) is 3.13. The molecule has 2 heterocycles. The summed E-state index contributed by atoms with van der Waals surface area (Å²) >= 11 is 1.72. The van der Waals surface area contributed by atoms with Gasteiger partial charge in [0.15, 0.2) is 0 Å². The smallest absolute Gasteiger partial charge is 0.257 e. The maximum atomic E-state index is 12.6. The van der Waals surface area contributed by atoms with Crippen molar-refractivity contribution >= 4 is 33.8 Å². The lowest BCUT2D eigenvalue weighted by atomic mass is 10.1. The lowest BCUT2D eigenvalue weighted by molar-refractivity contribution is 0.181. The van der Waals surface area contributed by atoms with Gasteiger partial charge in [0, 0.05) is 36.6 Å². The number of H-pyrrole nitrogens is 2. The Bertz CT molecular complexity index is 1170. The number of benzene rings is 2. The van der Waals surface area contributed by atoms with Gasteiger partial charge in [0.1, 0.15) is 0 Å². The van der Waals surface area contributed by atoms with E-state index in [0.717, 1.165) is 40.6 Å². The quantitative estimate of drug-likeness (QED) is 0.457. The van der Waals surface area contributed by atoms with E-state index in [0.29, 0.717) is 12.2 Å². The van der Waals surface area contributed by atoms with Crippen molar-refractivity contribution in [3.05, 3.63) is 70.5 Å². The van der Waals surface area contributed by atoms with Crippen molar-refractivity contribution in [2.45, 2.75) is 6.54 Å². The molecular formula is C22H23N3O2S. The van der Waals surface area contributed by atoms with Gasteiger partial charge < -0.3 is 14.7 Å². The number of aromatic nitrogens is 2. The molecule has 0 fully saturated rings. The topological polar surface area (TPSA) is 61.1 Å². The van der Waals surface area contributed by atoms with Crippen molar-refractivity contribution in [3.8, 4) is 11.3 Å². The molecule has 6 heteroatoms. The van der Waals surface area contributed by atoms with E-state index in [1.807, 2.05) is 30.3 Å². The number of fused-ring (bicyclic) bond motifs is 2. The highest BCUT2D eigenvalue weighted by molar-refractivity contribution is 7.96. The summed E-state index contributed by atoms with van der Waals surface area (Å²) in [4.78, 5) is 18.9. The first-order valence-electron chi connectivity index (χ1n) is 9.20. The molecule has 0 saturated carbocycles. The molecule has 2 aromatic heterocycles. The van der Waals surface area contributed by atoms with Gasteiger partial charge in [-0.05, 0) is 47.5 Å². The van der Waals surface area contributed by atoms with Crippen LogP contribution in [0.1, 0.15) is 5.56 Å². The lowest BCUT2D eigenvalue weighted by Crippen LogP contribution is -2.19. The maximum Gasteiger partial charge on any atom is 0.257 e. The van der Waals surface area contributed by atoms with Crippen molar-refractivity contribution < 1.29 is 4.74 Å². The van der Waals surface area contributed by atoms with Gasteiger partial charge in [0.2, 0.25) is 0 Å². The lowest BCUT2D eigenvalue weighted by Gasteiger charge is -2.18. The van der Waals surface area contributed by atoms with Crippen LogP contribution in [0, 0.1) is 0 Å². The molecule has 0 aliphatic rings. The van der Waals surface area contributed by atoms with Gasteiger partial charge in [-0.2, -0.15) is 0 Å². The molecule has 0 bridgehead atoms. The van der Waals surface area contributed by atoms with Crippen LogP contribution in [0.15, 0.2) is 59.4 Å². The van der Waals surface area contributed by atoms with Crippen molar-refractivity contribution in [1.82, 2.24) is 14.3 Å². The maximum absolute atomic E-state index is 12.6. The number of para-hydroxylation sites is 1. The second kappa shape index (κ2) is 8.22. The van der Waals surface area contributed by atoms with Crippen LogP contribution in [0.3, 0.4) is 0 Å². The van der Waals surface area contributed by atoms with E-state index in [-0.39, 0.29) is 5.56 Å². The summed E-state index contributed by atoms with van der Waals surface area (Å²) in [5, 5.41) is 2.12. The van der Waals surface area contributed by atoms with E-state index in [1.54, 1.807) is 19.1 Å². The number of rotatable bonds is 7. The predicted octanol–water partition coefficient (Wildman–Crippen LogP) is 4.40. The van der Waals surface area contributed by atoms with Gasteiger partial charge >= 0.3 is 0 Å². The van der Waals surface area contributed by atoms with E-state index in [2.05, 4.69) is 44.8 Å². The second-order valence-electron chi connectivity index (χ2n) is 6.74. The molecule has 4 aromatic rings. The van der Waals surface area contributed by atoms with Gasteiger partial charge in [-0.3, -0.25) is 4.79 Å². The number of hydrogen-bond acceptors (Lipinski definition) is 4. The number of aromatic amines is 2. The summed E-state index contributed by atoms with van der Waals surface area (Å²) in [6, 6.07) is 18.2. The number of hydrogen-bond donors (Lipinski definition) is 2. The fraction of sp³-hybridized carbons (Fsp3) is 0.227. The Morgan fingerprint density at radius 3 is 2.64 bits per heavy atom. The third kappa shape index (κ3) is 3.85. The van der Waals surface area contributed by atoms with Crippen LogP contribution >= 0.6 is 11.9 Å². The summed E-state index contributed by atoms with van der Waals surface area (Å²) in [5.41, 5.74) is 4.51. The number of pyridine rings is 1. The molecule has 144 valence electrons. The van der Waals surface area contributed by atoms with Crippen LogP contribution in [0.2, 0.25) is 0 Å². The first-order valence-corrected chi connectivity index (χ1v) is 10.4. The average molecular weight is 394 g/mol. The molecule has 2 aromatic carbocycles. The zero-order chi connectivity index (χ0) is 19.5. The van der Waals surface area contributed by atoms with Crippen LogP contribution < -0.4 is 5.56 Å². The standard InChI is InChI=1S/C22H23N3O2S/c1-27-10-9-25(28-2)14-15-7-8-20-17(11-15)13-21(23-20)18-12-16-5-3-4-6-19(16)24-22(18)26/h3-8,11-13,23H,9-10,14H2,1-2H3,(H,24,26). The van der Waals surface area contributed by atoms with Crippen LogP contribution in [-0.4, -0.2) is 40.8 Å². The van der Waals surface area contributed by atoms with E-state index in [4.69, 9.17) is 4.74 Å². The first-order chi connectivity index (χ1) is 13.7. The molecule has 2 N–H and O–H groups in total. The minimum atomic E-state index is -0.0846. The molecule has 28 heavy (non-hydrogen) atoms. The second-order valence-corrected chi connectivity index (χ2v) is 7.62. The molecule has 0 atom stereocenters. The molecule has 4 rings (SSSR count). The zero-order valence-electron chi connectivity index (χ0n) is 16.0. The number of methoxy groups -OCH3 is 1. The Balaban J connectivity index is 1.67. The summed E-state index contributed by atoms with van der Waals surface area (Å²) in [5.74, 6) is 0. The van der Waals surface area contributed by atoms with Crippen molar-refractivity contribution in [2.75, 3.05) is 26.5 Å². The number of ether oxygens (including phenoxy) is 1. The Kier molecular flexibility index (Phi) is 5.52. The highest BCUT2D eigenvalue weighted by Gasteiger charge is 2.10. The summed E-state index contributed by atoms with van der Waals surface area (Å²) < 4.78 is 7.45. The van der Waals surface area contributed by atoms with Crippen LogP contribution in [-0.2, 0) is 11.3 Å². The highest BCUT2D eigenvalue weighted by Crippen LogP contribution is 2.25. The molecule has 0 radical (unpaired) electrons. The van der Waals surface area contributed by atoms with Gasteiger partial charge in [-0.25, -0.2) is 4.31 Å². The molecule has 0 saturated heterocycles. The van der Waals surface area contributed by atoms with Gasteiger partial charge in [0.25, 0.3) is 5.56 Å². The fourth-order valence-corrected chi connectivity index (χ4v) is 3.94. The monoisotopic (exact) mass is 393 g/mol. The summed E-state index contributed by atoms with van der Waals surface area (Å²) in [7, 11) is 1.72. The Morgan fingerprint density at radius 1 is 1.00 bits per heavy atom. The highest BCUT2D eigenvalue weighted by atomic mass is 32.2. The minimum Gasteiger partial charge on any atom is -0.383 e. The Labute approximate surface area is 167 Å². The molecule has 0 unspecified atom stereocenters. The summed E-state index contributed by atoms with van der Waals surface area (Å²) in [6.45, 7) is 2.43. The fourth-order valence-electron chi connectivity index (χ4n) is 3.40. The SMILES string of the molecule is COCCN(Cc1ccc2[nH]c(-c3cc4ccccc4[nH]c3=O)cc2c1)SC. The third-order valence-electron chi connectivity index (χ3n) is 4.89. The van der Waals surface area contributed by atoms with E-state index in [9.17, 15) is 4.79 Å². The molecule has 0 aliphatic heterocycles. The Morgan fingerprint density at radius 2 is 1.82 bits per heavy atom. The van der Waals surface area contributed by atoms with Crippen molar-refractivity contribution in [1.29, 1.82) is 0 Å². The van der Waals surface area contributed by atoms with Gasteiger partial charge in [0.05, 0.1) is 17.9 Å². The number of nitrogens with one attached hydrogen (secondary N) is 2. The summed E-state index contributed by atoms with van der Waals surface area (Å²) in [6.07, 6.45) is 2.08. The molecular weight excluding hydrogens is 370 g/mol. The largest absolute Gasteiger partial charge is 0.383 e.